The van der Waals surface area contributed by atoms with Crippen molar-refractivity contribution in [1.29, 1.82) is 0 Å². The summed E-state index contributed by atoms with van der Waals surface area (Å²) in [6, 6.07) is 14.5. The van der Waals surface area contributed by atoms with Gasteiger partial charge >= 0.3 is 0 Å². The molecule has 5 nitrogen and oxygen atoms in total. The Morgan fingerprint density at radius 2 is 1.91 bits per heavy atom. The number of hydrogen-bond acceptors (Lipinski definition) is 4. The standard InChI is InChI=1S/C26H33ClN2O3/c1-19(2)29(17-21-14-23(27)25-24(15-21)31-12-7-13-32-25)26(30)22-10-6-11-28(18-22)16-20-8-4-3-5-9-20/h3-5,8-9,14-15,19,22H,6-7,10-13,16-18H2,1-2H3. The summed E-state index contributed by atoms with van der Waals surface area (Å²) in [6.45, 7) is 8.62. The van der Waals surface area contributed by atoms with Crippen molar-refractivity contribution in [2.24, 2.45) is 5.92 Å². The molecular formula is C26H33ClN2O3. The number of fused-ring (bicyclic) bond motifs is 1. The molecule has 2 heterocycles. The summed E-state index contributed by atoms with van der Waals surface area (Å²) in [6.07, 6.45) is 2.82. The molecule has 1 amide bonds. The van der Waals surface area contributed by atoms with Crippen molar-refractivity contribution in [1.82, 2.24) is 9.80 Å². The molecule has 2 aliphatic rings. The molecule has 0 aromatic heterocycles. The summed E-state index contributed by atoms with van der Waals surface area (Å²) in [5.41, 5.74) is 2.27. The second kappa shape index (κ2) is 10.6. The molecule has 2 aromatic rings. The van der Waals surface area contributed by atoms with Gasteiger partial charge in [-0.3, -0.25) is 9.69 Å². The Balaban J connectivity index is 1.46. The quantitative estimate of drug-likeness (QED) is 0.602. The van der Waals surface area contributed by atoms with Crippen LogP contribution in [0.25, 0.3) is 0 Å². The van der Waals surface area contributed by atoms with Gasteiger partial charge in [-0.25, -0.2) is 0 Å². The van der Waals surface area contributed by atoms with E-state index in [2.05, 4.69) is 43.0 Å². The fourth-order valence-electron chi connectivity index (χ4n) is 4.56. The van der Waals surface area contributed by atoms with Crippen LogP contribution in [0.4, 0.5) is 0 Å². The van der Waals surface area contributed by atoms with Crippen LogP contribution in [0.5, 0.6) is 11.5 Å². The zero-order chi connectivity index (χ0) is 22.5. The molecule has 0 N–H and O–H groups in total. The van der Waals surface area contributed by atoms with E-state index in [9.17, 15) is 4.79 Å². The average Bonchev–Trinajstić information content (AvgIpc) is 3.04. The number of hydrogen-bond donors (Lipinski definition) is 0. The molecule has 0 spiro atoms. The lowest BCUT2D eigenvalue weighted by Crippen LogP contribution is -2.46. The third-order valence-corrected chi connectivity index (χ3v) is 6.51. The molecule has 0 saturated carbocycles. The SMILES string of the molecule is CC(C)N(Cc1cc(Cl)c2c(c1)OCCCO2)C(=O)C1CCCN(Cc2ccccc2)C1. The van der Waals surface area contributed by atoms with Crippen LogP contribution in [-0.4, -0.2) is 48.1 Å². The summed E-state index contributed by atoms with van der Waals surface area (Å²) in [7, 11) is 0. The number of piperidine rings is 1. The van der Waals surface area contributed by atoms with E-state index in [1.807, 2.05) is 23.1 Å². The lowest BCUT2D eigenvalue weighted by molar-refractivity contribution is -0.140. The van der Waals surface area contributed by atoms with Crippen molar-refractivity contribution < 1.29 is 14.3 Å². The predicted octanol–water partition coefficient (Wildman–Crippen LogP) is 5.15. The molecule has 1 unspecified atom stereocenters. The van der Waals surface area contributed by atoms with Gasteiger partial charge in [0, 0.05) is 32.1 Å². The maximum Gasteiger partial charge on any atom is 0.227 e. The van der Waals surface area contributed by atoms with Crippen LogP contribution in [0.2, 0.25) is 5.02 Å². The van der Waals surface area contributed by atoms with Crippen molar-refractivity contribution in [2.45, 2.75) is 52.2 Å². The van der Waals surface area contributed by atoms with E-state index in [0.29, 0.717) is 36.3 Å². The van der Waals surface area contributed by atoms with Crippen LogP contribution in [0.15, 0.2) is 42.5 Å². The molecule has 0 radical (unpaired) electrons. The second-order valence-corrected chi connectivity index (χ2v) is 9.48. The van der Waals surface area contributed by atoms with Gasteiger partial charge in [-0.05, 0) is 56.5 Å². The first-order valence-electron chi connectivity index (χ1n) is 11.7. The number of ether oxygens (including phenoxy) is 2. The topological polar surface area (TPSA) is 42.0 Å². The zero-order valence-corrected chi connectivity index (χ0v) is 19.8. The van der Waals surface area contributed by atoms with Crippen molar-refractivity contribution in [2.75, 3.05) is 26.3 Å². The highest BCUT2D eigenvalue weighted by Crippen LogP contribution is 2.38. The maximum atomic E-state index is 13.6. The molecule has 4 rings (SSSR count). The maximum absolute atomic E-state index is 13.6. The van der Waals surface area contributed by atoms with E-state index < -0.39 is 0 Å². The van der Waals surface area contributed by atoms with Crippen LogP contribution in [-0.2, 0) is 17.9 Å². The first-order chi connectivity index (χ1) is 15.5. The fraction of sp³-hybridized carbons (Fsp3) is 0.500. The Morgan fingerprint density at radius 3 is 2.69 bits per heavy atom. The predicted molar refractivity (Wildman–Crippen MR) is 127 cm³/mol. The van der Waals surface area contributed by atoms with E-state index in [0.717, 1.165) is 44.5 Å². The number of amides is 1. The number of likely N-dealkylation sites (tertiary alicyclic amines) is 1. The van der Waals surface area contributed by atoms with Crippen LogP contribution >= 0.6 is 11.6 Å². The summed E-state index contributed by atoms with van der Waals surface area (Å²) in [5, 5.41) is 0.544. The minimum absolute atomic E-state index is 0.0192. The molecular weight excluding hydrogens is 424 g/mol. The second-order valence-electron chi connectivity index (χ2n) is 9.08. The minimum atomic E-state index is 0.0192. The first kappa shape index (κ1) is 22.9. The van der Waals surface area contributed by atoms with Gasteiger partial charge in [0.25, 0.3) is 0 Å². The molecule has 1 fully saturated rings. The van der Waals surface area contributed by atoms with Gasteiger partial charge < -0.3 is 14.4 Å². The largest absolute Gasteiger partial charge is 0.489 e. The lowest BCUT2D eigenvalue weighted by Gasteiger charge is -2.36. The minimum Gasteiger partial charge on any atom is -0.489 e. The highest BCUT2D eigenvalue weighted by Gasteiger charge is 2.31. The van der Waals surface area contributed by atoms with Crippen LogP contribution in [0.3, 0.4) is 0 Å². The molecule has 1 atom stereocenters. The van der Waals surface area contributed by atoms with E-state index in [1.165, 1.54) is 5.56 Å². The van der Waals surface area contributed by atoms with E-state index >= 15 is 0 Å². The van der Waals surface area contributed by atoms with Gasteiger partial charge in [-0.1, -0.05) is 41.9 Å². The summed E-state index contributed by atoms with van der Waals surface area (Å²) in [5.74, 6) is 1.53. The number of nitrogens with zero attached hydrogens (tertiary/aromatic N) is 2. The molecule has 0 aliphatic carbocycles. The number of carbonyl (C=O) groups is 1. The Bertz CT molecular complexity index is 919. The Morgan fingerprint density at radius 1 is 1.12 bits per heavy atom. The summed E-state index contributed by atoms with van der Waals surface area (Å²) in [4.78, 5) is 18.0. The number of halogens is 1. The van der Waals surface area contributed by atoms with E-state index in [1.54, 1.807) is 0 Å². The van der Waals surface area contributed by atoms with Gasteiger partial charge in [0.2, 0.25) is 5.91 Å². The van der Waals surface area contributed by atoms with Gasteiger partial charge in [0.15, 0.2) is 11.5 Å². The van der Waals surface area contributed by atoms with Crippen molar-refractivity contribution in [3.63, 3.8) is 0 Å². The molecule has 172 valence electrons. The number of rotatable bonds is 6. The monoisotopic (exact) mass is 456 g/mol. The average molecular weight is 457 g/mol. The van der Waals surface area contributed by atoms with Crippen LogP contribution in [0.1, 0.15) is 44.2 Å². The first-order valence-corrected chi connectivity index (χ1v) is 12.0. The van der Waals surface area contributed by atoms with Gasteiger partial charge in [-0.15, -0.1) is 0 Å². The number of carbonyl (C=O) groups excluding carboxylic acids is 1. The third kappa shape index (κ3) is 5.57. The normalized spacial score (nSPS) is 18.9. The van der Waals surface area contributed by atoms with Gasteiger partial charge in [-0.2, -0.15) is 0 Å². The summed E-state index contributed by atoms with van der Waals surface area (Å²) < 4.78 is 11.6. The molecule has 6 heteroatoms. The highest BCUT2D eigenvalue weighted by molar-refractivity contribution is 6.32. The zero-order valence-electron chi connectivity index (χ0n) is 19.1. The molecule has 0 bridgehead atoms. The Kier molecular flexibility index (Phi) is 7.59. The van der Waals surface area contributed by atoms with Gasteiger partial charge in [0.05, 0.1) is 24.2 Å². The highest BCUT2D eigenvalue weighted by atomic mass is 35.5. The van der Waals surface area contributed by atoms with Crippen molar-refractivity contribution in [3.05, 3.63) is 58.6 Å². The van der Waals surface area contributed by atoms with E-state index in [-0.39, 0.29) is 17.9 Å². The van der Waals surface area contributed by atoms with Gasteiger partial charge in [0.1, 0.15) is 0 Å². The number of benzene rings is 2. The van der Waals surface area contributed by atoms with Crippen LogP contribution < -0.4 is 9.47 Å². The van der Waals surface area contributed by atoms with Crippen molar-refractivity contribution >= 4 is 17.5 Å². The smallest absolute Gasteiger partial charge is 0.227 e. The molecule has 2 aliphatic heterocycles. The van der Waals surface area contributed by atoms with Crippen molar-refractivity contribution in [3.8, 4) is 11.5 Å². The Labute approximate surface area is 196 Å². The Hall–Kier alpha value is -2.24. The van der Waals surface area contributed by atoms with E-state index in [4.69, 9.17) is 21.1 Å². The lowest BCUT2D eigenvalue weighted by atomic mass is 9.95. The van der Waals surface area contributed by atoms with Crippen LogP contribution in [0, 0.1) is 5.92 Å². The molecule has 32 heavy (non-hydrogen) atoms. The third-order valence-electron chi connectivity index (χ3n) is 6.23. The molecule has 1 saturated heterocycles. The summed E-state index contributed by atoms with van der Waals surface area (Å²) >= 11 is 6.49. The molecule has 2 aromatic carbocycles. The fourth-order valence-corrected chi connectivity index (χ4v) is 4.85.